The highest BCUT2D eigenvalue weighted by Gasteiger charge is 2.22. The number of hydrogen-bond donors (Lipinski definition) is 2. The van der Waals surface area contributed by atoms with Crippen molar-refractivity contribution in [2.75, 3.05) is 20.6 Å². The summed E-state index contributed by atoms with van der Waals surface area (Å²) in [6, 6.07) is 8.74. The first-order valence-electron chi connectivity index (χ1n) is 9.33. The quantitative estimate of drug-likeness (QED) is 0.375. The Morgan fingerprint density at radius 2 is 1.96 bits per heavy atom. The van der Waals surface area contributed by atoms with Gasteiger partial charge in [-0.1, -0.05) is 12.1 Å². The summed E-state index contributed by atoms with van der Waals surface area (Å²) in [6.45, 7) is 5.88. The Bertz CT molecular complexity index is 845. The van der Waals surface area contributed by atoms with E-state index in [0.29, 0.717) is 17.4 Å². The van der Waals surface area contributed by atoms with Crippen LogP contribution in [0.25, 0.3) is 0 Å². The molecule has 0 saturated heterocycles. The van der Waals surface area contributed by atoms with Gasteiger partial charge >= 0.3 is 0 Å². The van der Waals surface area contributed by atoms with Gasteiger partial charge in [0.1, 0.15) is 0 Å². The average Bonchev–Trinajstić information content (AvgIpc) is 3.20. The van der Waals surface area contributed by atoms with Crippen LogP contribution in [0.2, 0.25) is 0 Å². The van der Waals surface area contributed by atoms with Crippen molar-refractivity contribution in [1.82, 2.24) is 24.7 Å². The van der Waals surface area contributed by atoms with Crippen molar-refractivity contribution in [3.05, 3.63) is 48.3 Å². The fraction of sp³-hybridized carbons (Fsp3) is 0.474. The molecule has 2 aromatic rings. The fourth-order valence-corrected chi connectivity index (χ4v) is 3.88. The lowest BCUT2D eigenvalue weighted by Gasteiger charge is -2.21. The Kier molecular flexibility index (Phi) is 8.01. The predicted molar refractivity (Wildman–Crippen MR) is 112 cm³/mol. The number of aromatic nitrogens is 2. The van der Waals surface area contributed by atoms with Gasteiger partial charge in [0.25, 0.3) is 0 Å². The number of aliphatic imine (C=N–C) groups is 1. The molecule has 1 aromatic carbocycles. The third kappa shape index (κ3) is 6.07. The number of nitrogens with zero attached hydrogens (tertiary/aromatic N) is 4. The van der Waals surface area contributed by atoms with Gasteiger partial charge < -0.3 is 10.6 Å². The van der Waals surface area contributed by atoms with E-state index in [-0.39, 0.29) is 6.04 Å². The van der Waals surface area contributed by atoms with Crippen LogP contribution in [0.15, 0.2) is 52.6 Å². The molecule has 0 aliphatic rings. The summed E-state index contributed by atoms with van der Waals surface area (Å²) in [7, 11) is -0.138. The second-order valence-electron chi connectivity index (χ2n) is 6.73. The second-order valence-corrected chi connectivity index (χ2v) is 8.73. The molecule has 0 saturated carbocycles. The summed E-state index contributed by atoms with van der Waals surface area (Å²) in [5.41, 5.74) is 0.977. The molecule has 0 radical (unpaired) electrons. The molecular weight excluding hydrogens is 376 g/mol. The van der Waals surface area contributed by atoms with E-state index in [2.05, 4.69) is 20.7 Å². The molecule has 0 amide bonds. The summed E-state index contributed by atoms with van der Waals surface area (Å²) < 4.78 is 28.3. The van der Waals surface area contributed by atoms with Crippen molar-refractivity contribution in [1.29, 1.82) is 0 Å². The molecule has 28 heavy (non-hydrogen) atoms. The number of hydrogen-bond acceptors (Lipinski definition) is 4. The largest absolute Gasteiger partial charge is 0.356 e. The maximum Gasteiger partial charge on any atom is 0.243 e. The molecule has 1 aromatic heterocycles. The van der Waals surface area contributed by atoms with E-state index >= 15 is 0 Å². The molecular formula is C19H30N6O2S. The van der Waals surface area contributed by atoms with Crippen molar-refractivity contribution in [2.45, 2.75) is 44.3 Å². The van der Waals surface area contributed by atoms with Crippen LogP contribution in [0, 0.1) is 0 Å². The van der Waals surface area contributed by atoms with E-state index in [1.807, 2.05) is 42.9 Å². The Morgan fingerprint density at radius 1 is 1.25 bits per heavy atom. The third-order valence-electron chi connectivity index (χ3n) is 4.43. The van der Waals surface area contributed by atoms with Gasteiger partial charge in [-0.25, -0.2) is 8.42 Å². The molecule has 0 aliphatic heterocycles. The van der Waals surface area contributed by atoms with Gasteiger partial charge in [0.15, 0.2) is 5.96 Å². The predicted octanol–water partition coefficient (Wildman–Crippen LogP) is 1.67. The SMILES string of the molecule is CN=C(NCCCn1cccn1)NCc1ccc(S(=O)(=O)N(C)C(C)C)cc1. The highest BCUT2D eigenvalue weighted by atomic mass is 32.2. The molecule has 154 valence electrons. The normalized spacial score (nSPS) is 12.6. The summed E-state index contributed by atoms with van der Waals surface area (Å²) in [5, 5.41) is 10.7. The van der Waals surface area contributed by atoms with Gasteiger partial charge in [-0.3, -0.25) is 9.67 Å². The summed E-state index contributed by atoms with van der Waals surface area (Å²) in [4.78, 5) is 4.51. The summed E-state index contributed by atoms with van der Waals surface area (Å²) in [5.74, 6) is 0.705. The summed E-state index contributed by atoms with van der Waals surface area (Å²) >= 11 is 0. The molecule has 2 N–H and O–H groups in total. The average molecular weight is 407 g/mol. The van der Waals surface area contributed by atoms with Crippen molar-refractivity contribution in [3.63, 3.8) is 0 Å². The fourth-order valence-electron chi connectivity index (χ4n) is 2.51. The van der Waals surface area contributed by atoms with Crippen molar-refractivity contribution in [2.24, 2.45) is 4.99 Å². The van der Waals surface area contributed by atoms with Crippen LogP contribution in [0.5, 0.6) is 0 Å². The highest BCUT2D eigenvalue weighted by molar-refractivity contribution is 7.89. The van der Waals surface area contributed by atoms with Gasteiger partial charge in [0, 0.05) is 52.2 Å². The van der Waals surface area contributed by atoms with Gasteiger partial charge in [0.05, 0.1) is 4.90 Å². The number of rotatable bonds is 9. The zero-order chi connectivity index (χ0) is 20.6. The number of sulfonamides is 1. The van der Waals surface area contributed by atoms with Crippen molar-refractivity contribution in [3.8, 4) is 0 Å². The van der Waals surface area contributed by atoms with E-state index < -0.39 is 10.0 Å². The van der Waals surface area contributed by atoms with E-state index in [1.54, 1.807) is 32.4 Å². The van der Waals surface area contributed by atoms with Crippen LogP contribution in [-0.4, -0.2) is 55.1 Å². The van der Waals surface area contributed by atoms with Gasteiger partial charge in [-0.05, 0) is 44.0 Å². The molecule has 0 aliphatic carbocycles. The molecule has 1 heterocycles. The minimum absolute atomic E-state index is 0.0889. The van der Waals surface area contributed by atoms with Crippen LogP contribution >= 0.6 is 0 Å². The number of nitrogens with one attached hydrogen (secondary N) is 2. The molecule has 2 rings (SSSR count). The first kappa shape index (κ1) is 21.9. The van der Waals surface area contributed by atoms with Crippen molar-refractivity contribution >= 4 is 16.0 Å². The molecule has 0 spiro atoms. The maximum atomic E-state index is 12.5. The van der Waals surface area contributed by atoms with Gasteiger partial charge in [-0.2, -0.15) is 9.40 Å². The minimum atomic E-state index is -3.45. The van der Waals surface area contributed by atoms with Crippen LogP contribution in [0.1, 0.15) is 25.8 Å². The Hall–Kier alpha value is -2.39. The minimum Gasteiger partial charge on any atom is -0.356 e. The molecule has 8 nitrogen and oxygen atoms in total. The maximum absolute atomic E-state index is 12.5. The Labute approximate surface area is 167 Å². The monoisotopic (exact) mass is 406 g/mol. The first-order valence-corrected chi connectivity index (χ1v) is 10.8. The van der Waals surface area contributed by atoms with E-state index in [9.17, 15) is 8.42 Å². The van der Waals surface area contributed by atoms with Crippen LogP contribution in [0.4, 0.5) is 0 Å². The first-order chi connectivity index (χ1) is 13.3. The topological polar surface area (TPSA) is 91.6 Å². The molecule has 0 fully saturated rings. The highest BCUT2D eigenvalue weighted by Crippen LogP contribution is 2.17. The lowest BCUT2D eigenvalue weighted by Crippen LogP contribution is -2.37. The third-order valence-corrected chi connectivity index (χ3v) is 6.47. The smallest absolute Gasteiger partial charge is 0.243 e. The number of aryl methyl sites for hydroxylation is 1. The zero-order valence-corrected chi connectivity index (χ0v) is 17.8. The molecule has 0 bridgehead atoms. The Balaban J connectivity index is 1.82. The summed E-state index contributed by atoms with van der Waals surface area (Å²) in [6.07, 6.45) is 4.64. The lowest BCUT2D eigenvalue weighted by molar-refractivity contribution is 0.410. The van der Waals surface area contributed by atoms with Gasteiger partial charge in [0.2, 0.25) is 10.0 Å². The Morgan fingerprint density at radius 3 is 2.54 bits per heavy atom. The van der Waals surface area contributed by atoms with E-state index in [4.69, 9.17) is 0 Å². The van der Waals surface area contributed by atoms with Crippen LogP contribution < -0.4 is 10.6 Å². The lowest BCUT2D eigenvalue weighted by atomic mass is 10.2. The van der Waals surface area contributed by atoms with Crippen molar-refractivity contribution < 1.29 is 8.42 Å². The second kappa shape index (κ2) is 10.2. The number of guanidine groups is 1. The molecule has 0 unspecified atom stereocenters. The van der Waals surface area contributed by atoms with Crippen LogP contribution in [0.3, 0.4) is 0 Å². The standard InChI is InChI=1S/C19H30N6O2S/c1-16(2)24(4)28(26,27)18-9-7-17(8-10-18)15-22-19(20-3)21-11-5-13-25-14-6-12-23-25/h6-10,12,14,16H,5,11,13,15H2,1-4H3,(H2,20,21,22). The molecule has 9 heteroatoms. The van der Waals surface area contributed by atoms with Crippen LogP contribution in [-0.2, 0) is 23.1 Å². The number of benzene rings is 1. The van der Waals surface area contributed by atoms with E-state index in [1.165, 1.54) is 4.31 Å². The molecule has 0 atom stereocenters. The van der Waals surface area contributed by atoms with Gasteiger partial charge in [-0.15, -0.1) is 0 Å². The zero-order valence-electron chi connectivity index (χ0n) is 17.0. The van der Waals surface area contributed by atoms with E-state index in [0.717, 1.165) is 25.1 Å².